The summed E-state index contributed by atoms with van der Waals surface area (Å²) in [5.41, 5.74) is 3.89. The van der Waals surface area contributed by atoms with Crippen LogP contribution in [0, 0.1) is 5.92 Å². The van der Waals surface area contributed by atoms with Gasteiger partial charge in [-0.3, -0.25) is 14.2 Å². The molecule has 0 fully saturated rings. The first kappa shape index (κ1) is 35.1. The molecule has 3 aromatic carbocycles. The minimum Gasteiger partial charge on any atom is -0.494 e. The van der Waals surface area contributed by atoms with Gasteiger partial charge in [-0.05, 0) is 79.4 Å². The van der Waals surface area contributed by atoms with Gasteiger partial charge in [0.25, 0.3) is 5.56 Å². The van der Waals surface area contributed by atoms with Gasteiger partial charge in [-0.2, -0.15) is 5.10 Å². The third-order valence-electron chi connectivity index (χ3n) is 8.33. The first-order chi connectivity index (χ1) is 24.6. The molecule has 5 aromatic rings. The second kappa shape index (κ2) is 15.0. The van der Waals surface area contributed by atoms with E-state index in [4.69, 9.17) is 24.0 Å². The summed E-state index contributed by atoms with van der Waals surface area (Å²) in [6.45, 7) is 7.95. The maximum Gasteiger partial charge on any atom is 0.338 e. The van der Waals surface area contributed by atoms with Crippen molar-refractivity contribution in [1.29, 1.82) is 0 Å². The molecule has 0 radical (unpaired) electrons. The molecular weight excluding hydrogens is 669 g/mol. The maximum absolute atomic E-state index is 14.4. The van der Waals surface area contributed by atoms with E-state index >= 15 is 0 Å². The summed E-state index contributed by atoms with van der Waals surface area (Å²) < 4.78 is 25.6. The van der Waals surface area contributed by atoms with Crippen LogP contribution in [0.15, 0.2) is 100 Å². The molecule has 0 bridgehead atoms. The van der Waals surface area contributed by atoms with Gasteiger partial charge in [0.2, 0.25) is 0 Å². The molecule has 11 nitrogen and oxygen atoms in total. The SMILES string of the molecule is COC(=O)C1=C(C)N=c2s/c(=C\c3cn(-c4ccccc4)nc3-c3ccc(OCCC(C)C)cc3)c(=O)n2C1c1ccc(OC(C)=O)c(OC)c1. The van der Waals surface area contributed by atoms with Gasteiger partial charge in [0.15, 0.2) is 16.3 Å². The fourth-order valence-corrected chi connectivity index (χ4v) is 6.83. The van der Waals surface area contributed by atoms with E-state index in [-0.39, 0.29) is 22.6 Å². The molecule has 1 aliphatic heterocycles. The molecule has 0 aliphatic carbocycles. The molecule has 1 unspecified atom stereocenters. The van der Waals surface area contributed by atoms with Gasteiger partial charge in [-0.15, -0.1) is 0 Å². The number of carbonyl (C=O) groups is 2. The predicted octanol–water partition coefficient (Wildman–Crippen LogP) is 5.62. The Morgan fingerprint density at radius 3 is 2.41 bits per heavy atom. The lowest BCUT2D eigenvalue weighted by Gasteiger charge is -2.25. The Morgan fingerprint density at radius 1 is 1.00 bits per heavy atom. The topological polar surface area (TPSA) is 123 Å². The summed E-state index contributed by atoms with van der Waals surface area (Å²) in [5.74, 6) is 0.646. The highest BCUT2D eigenvalue weighted by atomic mass is 32.1. The fraction of sp³-hybridized carbons (Fsp3) is 0.256. The number of aromatic nitrogens is 3. The number of nitrogens with zero attached hydrogens (tertiary/aromatic N) is 4. The second-order valence-electron chi connectivity index (χ2n) is 12.3. The maximum atomic E-state index is 14.4. The molecule has 1 aliphatic rings. The Balaban J connectivity index is 1.49. The Hall–Kier alpha value is -5.75. The monoisotopic (exact) mass is 706 g/mol. The predicted molar refractivity (Wildman–Crippen MR) is 194 cm³/mol. The van der Waals surface area contributed by atoms with E-state index in [1.807, 2.05) is 60.8 Å². The summed E-state index contributed by atoms with van der Waals surface area (Å²) in [5, 5.41) is 4.94. The standard InChI is InChI=1S/C39H38N4O7S/c1-23(2)18-19-49-30-15-12-26(13-16-30)35-28(22-42(41-35)29-10-8-7-9-11-29)21-33-37(45)43-36(34(38(46)48-6)24(3)40-39(43)51-33)27-14-17-31(50-25(4)44)32(20-27)47-5/h7-17,20-23,36H,18-19H2,1-6H3/b33-21-. The molecule has 262 valence electrons. The summed E-state index contributed by atoms with van der Waals surface area (Å²) in [4.78, 5) is 44.4. The summed E-state index contributed by atoms with van der Waals surface area (Å²) in [6.07, 6.45) is 4.65. The smallest absolute Gasteiger partial charge is 0.338 e. The number of para-hydroxylation sites is 1. The molecule has 2 aromatic heterocycles. The molecule has 0 spiro atoms. The fourth-order valence-electron chi connectivity index (χ4n) is 5.79. The molecule has 6 rings (SSSR count). The highest BCUT2D eigenvalue weighted by Gasteiger charge is 2.34. The molecule has 0 N–H and O–H groups in total. The van der Waals surface area contributed by atoms with Crippen LogP contribution in [0.3, 0.4) is 0 Å². The normalized spacial score (nSPS) is 14.3. The highest BCUT2D eigenvalue weighted by Crippen LogP contribution is 2.36. The van der Waals surface area contributed by atoms with Crippen molar-refractivity contribution in [3.8, 4) is 34.2 Å². The van der Waals surface area contributed by atoms with Crippen LogP contribution in [0.4, 0.5) is 0 Å². The molecule has 1 atom stereocenters. The third-order valence-corrected chi connectivity index (χ3v) is 9.31. The number of hydrogen-bond donors (Lipinski definition) is 0. The van der Waals surface area contributed by atoms with Crippen LogP contribution < -0.4 is 29.1 Å². The van der Waals surface area contributed by atoms with E-state index in [1.165, 1.54) is 37.0 Å². The zero-order valence-corrected chi connectivity index (χ0v) is 30.0. The van der Waals surface area contributed by atoms with Crippen LogP contribution in [-0.2, 0) is 14.3 Å². The zero-order valence-electron chi connectivity index (χ0n) is 29.2. The number of esters is 2. The van der Waals surface area contributed by atoms with E-state index in [0.717, 1.165) is 23.4 Å². The Morgan fingerprint density at radius 2 is 1.75 bits per heavy atom. The van der Waals surface area contributed by atoms with Crippen LogP contribution in [0.25, 0.3) is 23.0 Å². The lowest BCUT2D eigenvalue weighted by Crippen LogP contribution is -2.39. The zero-order chi connectivity index (χ0) is 36.2. The molecule has 0 saturated carbocycles. The minimum atomic E-state index is -0.897. The number of fused-ring (bicyclic) bond motifs is 1. The van der Waals surface area contributed by atoms with Crippen molar-refractivity contribution < 1.29 is 28.5 Å². The van der Waals surface area contributed by atoms with Gasteiger partial charge in [-0.1, -0.05) is 49.4 Å². The Kier molecular flexibility index (Phi) is 10.3. The number of allylic oxidation sites excluding steroid dienone is 1. The van der Waals surface area contributed by atoms with E-state index < -0.39 is 18.0 Å². The van der Waals surface area contributed by atoms with E-state index in [0.29, 0.717) is 44.4 Å². The van der Waals surface area contributed by atoms with Crippen molar-refractivity contribution in [3.63, 3.8) is 0 Å². The first-order valence-electron chi connectivity index (χ1n) is 16.4. The highest BCUT2D eigenvalue weighted by molar-refractivity contribution is 7.07. The van der Waals surface area contributed by atoms with Crippen molar-refractivity contribution in [2.45, 2.75) is 40.2 Å². The lowest BCUT2D eigenvalue weighted by atomic mass is 9.95. The van der Waals surface area contributed by atoms with Crippen molar-refractivity contribution in [2.75, 3.05) is 20.8 Å². The molecule has 12 heteroatoms. The molecule has 3 heterocycles. The van der Waals surface area contributed by atoms with Crippen LogP contribution in [0.5, 0.6) is 17.2 Å². The average molecular weight is 707 g/mol. The average Bonchev–Trinajstić information content (AvgIpc) is 3.68. The molecular formula is C39H38N4O7S. The van der Waals surface area contributed by atoms with Gasteiger partial charge >= 0.3 is 11.9 Å². The minimum absolute atomic E-state index is 0.201. The largest absolute Gasteiger partial charge is 0.494 e. The van der Waals surface area contributed by atoms with Gasteiger partial charge < -0.3 is 18.9 Å². The van der Waals surface area contributed by atoms with Gasteiger partial charge in [0, 0.05) is 24.2 Å². The number of ether oxygens (including phenoxy) is 4. The number of rotatable bonds is 11. The van der Waals surface area contributed by atoms with Crippen LogP contribution in [-0.4, -0.2) is 47.1 Å². The van der Waals surface area contributed by atoms with E-state index in [1.54, 1.807) is 35.9 Å². The van der Waals surface area contributed by atoms with Crippen molar-refractivity contribution >= 4 is 29.4 Å². The van der Waals surface area contributed by atoms with Gasteiger partial charge in [0.1, 0.15) is 11.4 Å². The summed E-state index contributed by atoms with van der Waals surface area (Å²) in [6, 6.07) is 21.5. The molecule has 0 saturated heterocycles. The van der Waals surface area contributed by atoms with Crippen LogP contribution >= 0.6 is 11.3 Å². The summed E-state index contributed by atoms with van der Waals surface area (Å²) >= 11 is 1.21. The van der Waals surface area contributed by atoms with Gasteiger partial charge in [0.05, 0.1) is 48.4 Å². The van der Waals surface area contributed by atoms with Gasteiger partial charge in [-0.25, -0.2) is 14.5 Å². The number of methoxy groups -OCH3 is 2. The molecule has 51 heavy (non-hydrogen) atoms. The second-order valence-corrected chi connectivity index (χ2v) is 13.4. The Bertz CT molecular complexity index is 2300. The van der Waals surface area contributed by atoms with Crippen LogP contribution in [0.2, 0.25) is 0 Å². The van der Waals surface area contributed by atoms with Crippen molar-refractivity contribution in [3.05, 3.63) is 121 Å². The number of benzene rings is 3. The van der Waals surface area contributed by atoms with Crippen LogP contribution in [0.1, 0.15) is 51.3 Å². The van der Waals surface area contributed by atoms with Crippen molar-refractivity contribution in [1.82, 2.24) is 14.3 Å². The van der Waals surface area contributed by atoms with Crippen molar-refractivity contribution in [2.24, 2.45) is 10.9 Å². The Labute approximate surface area is 298 Å². The van der Waals surface area contributed by atoms with E-state index in [9.17, 15) is 14.4 Å². The lowest BCUT2D eigenvalue weighted by molar-refractivity contribution is -0.136. The van der Waals surface area contributed by atoms with E-state index in [2.05, 4.69) is 18.8 Å². The quantitative estimate of drug-likeness (QED) is 0.128. The number of carbonyl (C=O) groups excluding carboxylic acids is 2. The number of hydrogen-bond acceptors (Lipinski definition) is 10. The summed E-state index contributed by atoms with van der Waals surface area (Å²) in [7, 11) is 2.73. The first-order valence-corrected chi connectivity index (χ1v) is 17.2. The third kappa shape index (κ3) is 7.41. The number of thiazole rings is 1. The molecule has 0 amide bonds.